The third-order valence-electron chi connectivity index (χ3n) is 3.64. The van der Waals surface area contributed by atoms with Crippen LogP contribution in [0.2, 0.25) is 0 Å². The molecule has 0 saturated carbocycles. The van der Waals surface area contributed by atoms with E-state index < -0.39 is 0 Å². The van der Waals surface area contributed by atoms with Gasteiger partial charge in [0.2, 0.25) is 5.91 Å². The lowest BCUT2D eigenvalue weighted by Crippen LogP contribution is -2.33. The molecule has 0 spiro atoms. The molecule has 102 valence electrons. The van der Waals surface area contributed by atoms with Gasteiger partial charge in [-0.05, 0) is 24.7 Å². The summed E-state index contributed by atoms with van der Waals surface area (Å²) in [6, 6.07) is 0. The van der Waals surface area contributed by atoms with Gasteiger partial charge in [-0.15, -0.1) is 0 Å². The molecule has 0 aliphatic carbocycles. The van der Waals surface area contributed by atoms with Crippen molar-refractivity contribution in [3.8, 4) is 0 Å². The van der Waals surface area contributed by atoms with Gasteiger partial charge in [0.05, 0.1) is 0 Å². The van der Waals surface area contributed by atoms with Crippen molar-refractivity contribution in [2.45, 2.75) is 26.2 Å². The highest BCUT2D eigenvalue weighted by Gasteiger charge is 2.31. The number of thioether (sulfide) groups is 1. The Bertz CT molecular complexity index is 315. The molecule has 2 aliphatic heterocycles. The first-order chi connectivity index (χ1) is 8.65. The monoisotopic (exact) mass is 271 g/mol. The second-order valence-electron chi connectivity index (χ2n) is 5.23. The molecule has 1 atom stereocenters. The minimum absolute atomic E-state index is 0.144. The zero-order valence-electron chi connectivity index (χ0n) is 10.9. The third-order valence-corrected chi connectivity index (χ3v) is 4.68. The number of ether oxygens (including phenoxy) is 1. The molecular formula is C13H21NO3S. The van der Waals surface area contributed by atoms with Crippen LogP contribution in [0, 0.1) is 11.8 Å². The molecule has 0 radical (unpaired) electrons. The van der Waals surface area contributed by atoms with E-state index in [2.05, 4.69) is 0 Å². The lowest BCUT2D eigenvalue weighted by molar-refractivity contribution is -0.128. The fourth-order valence-corrected chi connectivity index (χ4v) is 3.31. The van der Waals surface area contributed by atoms with E-state index in [0.29, 0.717) is 18.3 Å². The maximum atomic E-state index is 11.9. The standard InChI is InChI=1S/C13H21NO3S/c1-10(15)18-9-12-6-13(16)14(8-12)7-11-2-4-17-5-3-11/h11-12H,2-9H2,1H3. The van der Waals surface area contributed by atoms with Crippen LogP contribution in [0.25, 0.3) is 0 Å². The number of carbonyl (C=O) groups excluding carboxylic acids is 2. The highest BCUT2D eigenvalue weighted by Crippen LogP contribution is 2.25. The van der Waals surface area contributed by atoms with Gasteiger partial charge in [-0.1, -0.05) is 11.8 Å². The molecule has 0 N–H and O–H groups in total. The summed E-state index contributed by atoms with van der Waals surface area (Å²) in [5, 5.41) is 0.144. The number of likely N-dealkylation sites (tertiary alicyclic amines) is 1. The fraction of sp³-hybridized carbons (Fsp3) is 0.846. The highest BCUT2D eigenvalue weighted by molar-refractivity contribution is 8.13. The van der Waals surface area contributed by atoms with Gasteiger partial charge in [0.15, 0.2) is 5.12 Å². The Kier molecular flexibility index (Phi) is 5.06. The van der Waals surface area contributed by atoms with Crippen molar-refractivity contribution >= 4 is 22.8 Å². The molecule has 2 heterocycles. The Morgan fingerprint density at radius 2 is 2.11 bits per heavy atom. The summed E-state index contributed by atoms with van der Waals surface area (Å²) in [6.07, 6.45) is 2.75. The maximum absolute atomic E-state index is 11.9. The van der Waals surface area contributed by atoms with E-state index in [1.54, 1.807) is 6.92 Å². The zero-order chi connectivity index (χ0) is 13.0. The Balaban J connectivity index is 1.75. The predicted octanol–water partition coefficient (Wildman–Crippen LogP) is 1.54. The summed E-state index contributed by atoms with van der Waals surface area (Å²) >= 11 is 1.34. The number of nitrogens with zero attached hydrogens (tertiary/aromatic N) is 1. The Hall–Kier alpha value is -0.550. The van der Waals surface area contributed by atoms with Gasteiger partial charge in [0.1, 0.15) is 0 Å². The molecule has 0 bridgehead atoms. The van der Waals surface area contributed by atoms with Crippen molar-refractivity contribution in [1.29, 1.82) is 0 Å². The quantitative estimate of drug-likeness (QED) is 0.778. The summed E-state index contributed by atoms with van der Waals surface area (Å²) in [5.74, 6) is 1.99. The van der Waals surface area contributed by atoms with Gasteiger partial charge in [0, 0.05) is 45.4 Å². The van der Waals surface area contributed by atoms with Gasteiger partial charge in [0.25, 0.3) is 0 Å². The summed E-state index contributed by atoms with van der Waals surface area (Å²) in [4.78, 5) is 24.8. The topological polar surface area (TPSA) is 46.6 Å². The van der Waals surface area contributed by atoms with Crippen LogP contribution in [-0.2, 0) is 14.3 Å². The Labute approximate surface area is 112 Å². The van der Waals surface area contributed by atoms with E-state index in [4.69, 9.17) is 4.74 Å². The van der Waals surface area contributed by atoms with Crippen LogP contribution >= 0.6 is 11.8 Å². The van der Waals surface area contributed by atoms with Crippen molar-refractivity contribution in [1.82, 2.24) is 4.90 Å². The number of hydrogen-bond acceptors (Lipinski definition) is 4. The molecule has 4 nitrogen and oxygen atoms in total. The van der Waals surface area contributed by atoms with Crippen LogP contribution < -0.4 is 0 Å². The molecule has 0 aromatic rings. The number of rotatable bonds is 4. The molecule has 0 aromatic carbocycles. The van der Waals surface area contributed by atoms with Crippen LogP contribution in [0.3, 0.4) is 0 Å². The maximum Gasteiger partial charge on any atom is 0.222 e. The summed E-state index contributed by atoms with van der Waals surface area (Å²) in [5.41, 5.74) is 0. The minimum Gasteiger partial charge on any atom is -0.381 e. The average molecular weight is 271 g/mol. The van der Waals surface area contributed by atoms with E-state index in [0.717, 1.165) is 44.9 Å². The third kappa shape index (κ3) is 3.99. The summed E-state index contributed by atoms with van der Waals surface area (Å²) in [7, 11) is 0. The number of carbonyl (C=O) groups is 2. The van der Waals surface area contributed by atoms with E-state index in [1.807, 2.05) is 4.90 Å². The molecular weight excluding hydrogens is 250 g/mol. The minimum atomic E-state index is 0.144. The van der Waals surface area contributed by atoms with Gasteiger partial charge >= 0.3 is 0 Å². The molecule has 2 rings (SSSR count). The van der Waals surface area contributed by atoms with Crippen molar-refractivity contribution in [2.24, 2.45) is 11.8 Å². The van der Waals surface area contributed by atoms with E-state index in [1.165, 1.54) is 11.8 Å². The molecule has 2 saturated heterocycles. The van der Waals surface area contributed by atoms with Crippen molar-refractivity contribution in [2.75, 3.05) is 32.1 Å². The second-order valence-corrected chi connectivity index (χ2v) is 6.42. The molecule has 2 fully saturated rings. The zero-order valence-corrected chi connectivity index (χ0v) is 11.7. The van der Waals surface area contributed by atoms with Crippen LogP contribution in [0.4, 0.5) is 0 Å². The lowest BCUT2D eigenvalue weighted by atomic mass is 10.00. The second kappa shape index (κ2) is 6.57. The first-order valence-electron chi connectivity index (χ1n) is 6.64. The van der Waals surface area contributed by atoms with Gasteiger partial charge in [-0.3, -0.25) is 9.59 Å². The fourth-order valence-electron chi connectivity index (χ4n) is 2.62. The largest absolute Gasteiger partial charge is 0.381 e. The first kappa shape index (κ1) is 13.9. The van der Waals surface area contributed by atoms with E-state index in [-0.39, 0.29) is 11.0 Å². The van der Waals surface area contributed by atoms with Crippen LogP contribution in [0.1, 0.15) is 26.2 Å². The normalized spacial score (nSPS) is 25.7. The van der Waals surface area contributed by atoms with Gasteiger partial charge < -0.3 is 9.64 Å². The highest BCUT2D eigenvalue weighted by atomic mass is 32.2. The molecule has 2 aliphatic rings. The molecule has 0 aromatic heterocycles. The SMILES string of the molecule is CC(=O)SCC1CC(=O)N(CC2CCOCC2)C1. The Morgan fingerprint density at radius 1 is 1.39 bits per heavy atom. The van der Waals surface area contributed by atoms with E-state index in [9.17, 15) is 9.59 Å². The first-order valence-corrected chi connectivity index (χ1v) is 7.62. The predicted molar refractivity (Wildman–Crippen MR) is 71.4 cm³/mol. The molecule has 1 unspecified atom stereocenters. The van der Waals surface area contributed by atoms with Gasteiger partial charge in [-0.2, -0.15) is 0 Å². The van der Waals surface area contributed by atoms with Crippen molar-refractivity contribution < 1.29 is 14.3 Å². The van der Waals surface area contributed by atoms with Crippen molar-refractivity contribution in [3.63, 3.8) is 0 Å². The van der Waals surface area contributed by atoms with Crippen molar-refractivity contribution in [3.05, 3.63) is 0 Å². The smallest absolute Gasteiger partial charge is 0.222 e. The summed E-state index contributed by atoms with van der Waals surface area (Å²) < 4.78 is 5.33. The number of amides is 1. The molecule has 5 heteroatoms. The van der Waals surface area contributed by atoms with E-state index >= 15 is 0 Å². The van der Waals surface area contributed by atoms with Gasteiger partial charge in [-0.25, -0.2) is 0 Å². The molecule has 1 amide bonds. The molecule has 18 heavy (non-hydrogen) atoms. The lowest BCUT2D eigenvalue weighted by Gasteiger charge is -2.27. The summed E-state index contributed by atoms with van der Waals surface area (Å²) in [6.45, 7) is 4.95. The van der Waals surface area contributed by atoms with Crippen LogP contribution in [-0.4, -0.2) is 48.0 Å². The van der Waals surface area contributed by atoms with Crippen LogP contribution in [0.15, 0.2) is 0 Å². The Morgan fingerprint density at radius 3 is 2.78 bits per heavy atom. The average Bonchev–Trinajstić information content (AvgIpc) is 2.69. The number of hydrogen-bond donors (Lipinski definition) is 0. The van der Waals surface area contributed by atoms with Crippen LogP contribution in [0.5, 0.6) is 0 Å².